The minimum atomic E-state index is -0.334. The van der Waals surface area contributed by atoms with Crippen LogP contribution in [0, 0.1) is 5.82 Å². The molecule has 1 atom stereocenters. The summed E-state index contributed by atoms with van der Waals surface area (Å²) in [6.07, 6.45) is 3.01. The third kappa shape index (κ3) is 2.26. The molecule has 2 aromatic heterocycles. The summed E-state index contributed by atoms with van der Waals surface area (Å²) in [4.78, 5) is 8.62. The fraction of sp³-hybridized carbons (Fsp3) is 0.125. The molecule has 0 aliphatic rings. The molecule has 0 amide bonds. The lowest BCUT2D eigenvalue weighted by Gasteiger charge is -2.17. The summed E-state index contributed by atoms with van der Waals surface area (Å²) in [5.41, 5.74) is 2.73. The normalized spacial score (nSPS) is 12.5. The predicted octanol–water partition coefficient (Wildman–Crippen LogP) is 3.08. The first-order chi connectivity index (χ1) is 9.79. The summed E-state index contributed by atoms with van der Waals surface area (Å²) >= 11 is 0. The van der Waals surface area contributed by atoms with Crippen LogP contribution in [0.15, 0.2) is 54.9 Å². The van der Waals surface area contributed by atoms with Gasteiger partial charge in [0, 0.05) is 17.1 Å². The van der Waals surface area contributed by atoms with Crippen molar-refractivity contribution in [2.24, 2.45) is 0 Å². The van der Waals surface area contributed by atoms with E-state index < -0.39 is 0 Å². The van der Waals surface area contributed by atoms with Gasteiger partial charge in [0.2, 0.25) is 0 Å². The maximum atomic E-state index is 13.0. The summed E-state index contributed by atoms with van der Waals surface area (Å²) in [6, 6.07) is 13.0. The van der Waals surface area contributed by atoms with Crippen LogP contribution in [0.5, 0.6) is 0 Å². The molecule has 20 heavy (non-hydrogen) atoms. The van der Waals surface area contributed by atoms with Gasteiger partial charge in [0.25, 0.3) is 0 Å². The molecule has 3 nitrogen and oxygen atoms in total. The van der Waals surface area contributed by atoms with E-state index in [1.54, 1.807) is 12.3 Å². The van der Waals surface area contributed by atoms with Crippen LogP contribution in [0.4, 0.5) is 4.39 Å². The van der Waals surface area contributed by atoms with Crippen molar-refractivity contribution in [1.82, 2.24) is 15.3 Å². The quantitative estimate of drug-likeness (QED) is 0.792. The Hall–Kier alpha value is -2.33. The number of para-hydroxylation sites is 1. The Labute approximate surface area is 116 Å². The summed E-state index contributed by atoms with van der Waals surface area (Å²) in [5.74, 6) is -0.334. The first kappa shape index (κ1) is 12.7. The van der Waals surface area contributed by atoms with Crippen LogP contribution in [-0.2, 0) is 0 Å². The average Bonchev–Trinajstić information content (AvgIpc) is 2.50. The summed E-state index contributed by atoms with van der Waals surface area (Å²) < 4.78 is 13.0. The van der Waals surface area contributed by atoms with Crippen molar-refractivity contribution in [3.8, 4) is 0 Å². The first-order valence-electron chi connectivity index (χ1n) is 6.42. The van der Waals surface area contributed by atoms with E-state index in [9.17, 15) is 4.39 Å². The topological polar surface area (TPSA) is 37.8 Å². The molecule has 0 aliphatic carbocycles. The largest absolute Gasteiger partial charge is 0.308 e. The van der Waals surface area contributed by atoms with Crippen molar-refractivity contribution in [1.29, 1.82) is 0 Å². The van der Waals surface area contributed by atoms with E-state index in [4.69, 9.17) is 0 Å². The number of hydrogen-bond acceptors (Lipinski definition) is 3. The highest BCUT2D eigenvalue weighted by Crippen LogP contribution is 2.26. The van der Waals surface area contributed by atoms with Gasteiger partial charge in [-0.05, 0) is 25.2 Å². The van der Waals surface area contributed by atoms with Crippen LogP contribution in [0.2, 0.25) is 0 Å². The van der Waals surface area contributed by atoms with Gasteiger partial charge < -0.3 is 5.32 Å². The predicted molar refractivity (Wildman–Crippen MR) is 76.8 cm³/mol. The average molecular weight is 267 g/mol. The number of benzene rings is 1. The SMILES string of the molecule is CNC(c1ccc(F)cn1)c1cccc2cccnc12. The molecule has 3 aromatic rings. The molecule has 0 fully saturated rings. The fourth-order valence-corrected chi connectivity index (χ4v) is 2.38. The number of pyridine rings is 2. The Kier molecular flexibility index (Phi) is 3.39. The van der Waals surface area contributed by atoms with Crippen molar-refractivity contribution < 1.29 is 4.39 Å². The number of fused-ring (bicyclic) bond motifs is 1. The molecule has 0 bridgehead atoms. The van der Waals surface area contributed by atoms with E-state index in [2.05, 4.69) is 15.3 Å². The Morgan fingerprint density at radius 1 is 1.05 bits per heavy atom. The molecule has 4 heteroatoms. The molecule has 1 N–H and O–H groups in total. The number of hydrogen-bond donors (Lipinski definition) is 1. The number of rotatable bonds is 3. The van der Waals surface area contributed by atoms with Crippen molar-refractivity contribution in [2.45, 2.75) is 6.04 Å². The summed E-state index contributed by atoms with van der Waals surface area (Å²) in [7, 11) is 1.86. The van der Waals surface area contributed by atoms with Gasteiger partial charge in [0.15, 0.2) is 0 Å². The van der Waals surface area contributed by atoms with E-state index in [1.807, 2.05) is 37.4 Å². The molecule has 0 saturated heterocycles. The van der Waals surface area contributed by atoms with E-state index in [0.29, 0.717) is 0 Å². The lowest BCUT2D eigenvalue weighted by molar-refractivity contribution is 0.610. The number of nitrogens with zero attached hydrogens (tertiary/aromatic N) is 2. The van der Waals surface area contributed by atoms with E-state index in [1.165, 1.54) is 12.3 Å². The fourth-order valence-electron chi connectivity index (χ4n) is 2.38. The molecule has 0 aliphatic heterocycles. The number of aromatic nitrogens is 2. The zero-order valence-electron chi connectivity index (χ0n) is 11.0. The Bertz CT molecular complexity index is 720. The van der Waals surface area contributed by atoms with Gasteiger partial charge in [-0.25, -0.2) is 4.39 Å². The van der Waals surface area contributed by atoms with Crippen molar-refractivity contribution in [3.05, 3.63) is 71.9 Å². The van der Waals surface area contributed by atoms with Crippen LogP contribution in [-0.4, -0.2) is 17.0 Å². The molecule has 1 aromatic carbocycles. The van der Waals surface area contributed by atoms with Gasteiger partial charge in [0.1, 0.15) is 5.82 Å². The maximum Gasteiger partial charge on any atom is 0.141 e. The van der Waals surface area contributed by atoms with Gasteiger partial charge in [-0.1, -0.05) is 24.3 Å². The van der Waals surface area contributed by atoms with Crippen LogP contribution < -0.4 is 5.32 Å². The molecule has 2 heterocycles. The van der Waals surface area contributed by atoms with Crippen LogP contribution in [0.25, 0.3) is 10.9 Å². The molecule has 0 saturated carbocycles. The standard InChI is InChI=1S/C16H14FN3/c1-18-16(14-8-7-12(17)10-20-14)13-6-2-4-11-5-3-9-19-15(11)13/h2-10,16,18H,1H3. The smallest absolute Gasteiger partial charge is 0.141 e. The number of halogens is 1. The zero-order valence-corrected chi connectivity index (χ0v) is 11.0. The minimum Gasteiger partial charge on any atom is -0.308 e. The zero-order chi connectivity index (χ0) is 13.9. The van der Waals surface area contributed by atoms with Crippen molar-refractivity contribution in [3.63, 3.8) is 0 Å². The lowest BCUT2D eigenvalue weighted by atomic mass is 10.00. The van der Waals surface area contributed by atoms with E-state index in [0.717, 1.165) is 22.2 Å². The second-order valence-corrected chi connectivity index (χ2v) is 4.55. The highest BCUT2D eigenvalue weighted by Gasteiger charge is 2.16. The van der Waals surface area contributed by atoms with Gasteiger partial charge >= 0.3 is 0 Å². The second kappa shape index (κ2) is 5.35. The van der Waals surface area contributed by atoms with E-state index >= 15 is 0 Å². The maximum absolute atomic E-state index is 13.0. The Morgan fingerprint density at radius 3 is 2.65 bits per heavy atom. The molecule has 0 radical (unpaired) electrons. The second-order valence-electron chi connectivity index (χ2n) is 4.55. The van der Waals surface area contributed by atoms with Gasteiger partial charge in [-0.15, -0.1) is 0 Å². The van der Waals surface area contributed by atoms with Gasteiger partial charge in [-0.3, -0.25) is 9.97 Å². The lowest BCUT2D eigenvalue weighted by Crippen LogP contribution is -2.19. The van der Waals surface area contributed by atoms with Gasteiger partial charge in [-0.2, -0.15) is 0 Å². The van der Waals surface area contributed by atoms with Crippen molar-refractivity contribution >= 4 is 10.9 Å². The highest BCUT2D eigenvalue weighted by atomic mass is 19.1. The molecular weight excluding hydrogens is 253 g/mol. The number of nitrogens with one attached hydrogen (secondary N) is 1. The molecule has 100 valence electrons. The molecule has 1 unspecified atom stereocenters. The summed E-state index contributed by atoms with van der Waals surface area (Å²) in [5, 5.41) is 4.30. The third-order valence-electron chi connectivity index (χ3n) is 3.31. The monoisotopic (exact) mass is 267 g/mol. The Morgan fingerprint density at radius 2 is 1.90 bits per heavy atom. The van der Waals surface area contributed by atoms with Crippen molar-refractivity contribution in [2.75, 3.05) is 7.05 Å². The van der Waals surface area contributed by atoms with Gasteiger partial charge in [0.05, 0.1) is 23.4 Å². The first-order valence-corrected chi connectivity index (χ1v) is 6.42. The minimum absolute atomic E-state index is 0.116. The highest BCUT2D eigenvalue weighted by molar-refractivity contribution is 5.82. The molecule has 3 rings (SSSR count). The van der Waals surface area contributed by atoms with Crippen LogP contribution in [0.1, 0.15) is 17.3 Å². The van der Waals surface area contributed by atoms with E-state index in [-0.39, 0.29) is 11.9 Å². The van der Waals surface area contributed by atoms with Crippen LogP contribution in [0.3, 0.4) is 0 Å². The third-order valence-corrected chi connectivity index (χ3v) is 3.31. The summed E-state index contributed by atoms with van der Waals surface area (Å²) in [6.45, 7) is 0. The molecule has 0 spiro atoms. The molecular formula is C16H14FN3. The Balaban J connectivity index is 2.14. The van der Waals surface area contributed by atoms with Crippen LogP contribution >= 0.6 is 0 Å².